The number of benzene rings is 2. The third-order valence-corrected chi connectivity index (χ3v) is 6.06. The molecule has 2 aromatic carbocycles. The molecular weight excluding hydrogens is 400 g/mol. The Labute approximate surface area is 169 Å². The maximum atomic E-state index is 12.5. The van der Waals surface area contributed by atoms with Crippen LogP contribution in [0.3, 0.4) is 0 Å². The van der Waals surface area contributed by atoms with Gasteiger partial charge in [-0.25, -0.2) is 4.79 Å². The van der Waals surface area contributed by atoms with Crippen molar-refractivity contribution in [3.8, 4) is 0 Å². The zero-order valence-corrected chi connectivity index (χ0v) is 16.4. The van der Waals surface area contributed by atoms with Crippen LogP contribution in [0.5, 0.6) is 0 Å². The van der Waals surface area contributed by atoms with E-state index in [9.17, 15) is 14.4 Å². The molecule has 0 aliphatic carbocycles. The highest BCUT2D eigenvalue weighted by molar-refractivity contribution is 8.01. The highest BCUT2D eigenvalue weighted by Gasteiger charge is 2.29. The molecule has 28 heavy (non-hydrogen) atoms. The zero-order chi connectivity index (χ0) is 19.8. The van der Waals surface area contributed by atoms with E-state index in [1.54, 1.807) is 18.2 Å². The van der Waals surface area contributed by atoms with Crippen molar-refractivity contribution in [3.05, 3.63) is 57.5 Å². The predicted octanol–water partition coefficient (Wildman–Crippen LogP) is 3.19. The van der Waals surface area contributed by atoms with E-state index in [0.717, 1.165) is 10.5 Å². The van der Waals surface area contributed by atoms with Crippen LogP contribution in [0.25, 0.3) is 11.0 Å². The van der Waals surface area contributed by atoms with Crippen LogP contribution in [0.15, 0.2) is 46.1 Å². The van der Waals surface area contributed by atoms with E-state index in [1.807, 2.05) is 25.1 Å². The maximum absolute atomic E-state index is 12.5. The first-order valence-electron chi connectivity index (χ1n) is 8.67. The molecule has 2 amide bonds. The number of carbonyl (C=O) groups excluding carboxylic acids is 2. The minimum Gasteiger partial charge on any atom is -0.350 e. The van der Waals surface area contributed by atoms with Crippen LogP contribution in [0.1, 0.15) is 24.9 Å². The van der Waals surface area contributed by atoms with Crippen molar-refractivity contribution in [3.63, 3.8) is 0 Å². The lowest BCUT2D eigenvalue weighted by Crippen LogP contribution is -2.35. The van der Waals surface area contributed by atoms with Gasteiger partial charge in [0.2, 0.25) is 11.8 Å². The fourth-order valence-corrected chi connectivity index (χ4v) is 4.39. The monoisotopic (exact) mass is 416 g/mol. The maximum Gasteiger partial charge on any atom is 0.323 e. The molecule has 4 N–H and O–H groups in total. The summed E-state index contributed by atoms with van der Waals surface area (Å²) in [6.07, 6.45) is 0.0616. The van der Waals surface area contributed by atoms with E-state index in [-0.39, 0.29) is 30.0 Å². The fraction of sp³-hybridized carbons (Fsp3) is 0.211. The van der Waals surface area contributed by atoms with E-state index in [1.165, 1.54) is 11.8 Å². The first kappa shape index (κ1) is 18.6. The van der Waals surface area contributed by atoms with Crippen molar-refractivity contribution in [2.45, 2.75) is 29.5 Å². The molecule has 3 aromatic rings. The molecule has 7 nitrogen and oxygen atoms in total. The van der Waals surface area contributed by atoms with Gasteiger partial charge >= 0.3 is 5.69 Å². The lowest BCUT2D eigenvalue weighted by molar-refractivity contribution is -0.124. The van der Waals surface area contributed by atoms with Crippen LogP contribution in [-0.2, 0) is 9.59 Å². The smallest absolute Gasteiger partial charge is 0.323 e. The van der Waals surface area contributed by atoms with Crippen LogP contribution in [-0.4, -0.2) is 27.0 Å². The quantitative estimate of drug-likeness (QED) is 0.524. The van der Waals surface area contributed by atoms with Gasteiger partial charge in [-0.15, -0.1) is 11.8 Å². The lowest BCUT2D eigenvalue weighted by Gasteiger charge is -2.24. The molecule has 9 heteroatoms. The molecule has 1 aromatic heterocycles. The number of anilines is 1. The third kappa shape index (κ3) is 3.79. The predicted molar refractivity (Wildman–Crippen MR) is 110 cm³/mol. The standard InChI is InChI=1S/C19H17ClN4O3S/c1-9(10-2-4-12-13(6-10)24-19(27)23-12)21-17(25)8-16-18(26)22-14-7-11(20)3-5-15(14)28-16/h2-7,9,16H,8H2,1H3,(H,21,25)(H,22,26)(H2,23,24,27). The molecule has 1 aliphatic rings. The molecule has 0 saturated heterocycles. The van der Waals surface area contributed by atoms with E-state index in [2.05, 4.69) is 20.6 Å². The Hall–Kier alpha value is -2.71. The lowest BCUT2D eigenvalue weighted by atomic mass is 10.1. The summed E-state index contributed by atoms with van der Waals surface area (Å²) in [5.41, 5.74) is 2.64. The number of carbonyl (C=O) groups is 2. The van der Waals surface area contributed by atoms with Gasteiger partial charge in [0, 0.05) is 16.3 Å². The molecule has 0 saturated carbocycles. The average Bonchev–Trinajstić information content (AvgIpc) is 3.01. The topological polar surface area (TPSA) is 107 Å². The highest BCUT2D eigenvalue weighted by Crippen LogP contribution is 2.38. The molecule has 2 unspecified atom stereocenters. The number of imidazole rings is 1. The fourth-order valence-electron chi connectivity index (χ4n) is 3.13. The number of halogens is 1. The molecule has 144 valence electrons. The van der Waals surface area contributed by atoms with Crippen LogP contribution in [0.2, 0.25) is 5.02 Å². The average molecular weight is 417 g/mol. The van der Waals surface area contributed by atoms with E-state index in [0.29, 0.717) is 21.7 Å². The van der Waals surface area contributed by atoms with Gasteiger partial charge < -0.3 is 20.6 Å². The van der Waals surface area contributed by atoms with Crippen LogP contribution < -0.4 is 16.3 Å². The summed E-state index contributed by atoms with van der Waals surface area (Å²) in [6.45, 7) is 1.86. The molecule has 2 heterocycles. The summed E-state index contributed by atoms with van der Waals surface area (Å²) >= 11 is 7.31. The number of nitrogens with one attached hydrogen (secondary N) is 4. The van der Waals surface area contributed by atoms with Gasteiger partial charge in [-0.1, -0.05) is 17.7 Å². The number of hydrogen-bond acceptors (Lipinski definition) is 4. The van der Waals surface area contributed by atoms with Crippen molar-refractivity contribution in [2.24, 2.45) is 0 Å². The summed E-state index contributed by atoms with van der Waals surface area (Å²) in [4.78, 5) is 42.4. The second-order valence-electron chi connectivity index (χ2n) is 6.61. The number of aromatic nitrogens is 2. The van der Waals surface area contributed by atoms with Gasteiger partial charge in [0.1, 0.15) is 0 Å². The van der Waals surface area contributed by atoms with E-state index in [4.69, 9.17) is 11.6 Å². The number of amides is 2. The van der Waals surface area contributed by atoms with Gasteiger partial charge in [0.15, 0.2) is 0 Å². The summed E-state index contributed by atoms with van der Waals surface area (Å²) in [5.74, 6) is -0.436. The number of fused-ring (bicyclic) bond motifs is 2. The summed E-state index contributed by atoms with van der Waals surface area (Å²) in [7, 11) is 0. The Morgan fingerprint density at radius 1 is 1.18 bits per heavy atom. The second-order valence-corrected chi connectivity index (χ2v) is 8.29. The Bertz CT molecular complexity index is 1140. The van der Waals surface area contributed by atoms with Crippen molar-refractivity contribution in [1.29, 1.82) is 0 Å². The van der Waals surface area contributed by atoms with E-state index < -0.39 is 5.25 Å². The molecule has 1 aliphatic heterocycles. The number of rotatable bonds is 4. The minimum atomic E-state index is -0.510. The minimum absolute atomic E-state index is 0.0616. The third-order valence-electron chi connectivity index (χ3n) is 4.55. The molecular formula is C19H17ClN4O3S. The van der Waals surface area contributed by atoms with Crippen LogP contribution >= 0.6 is 23.4 Å². The summed E-state index contributed by atoms with van der Waals surface area (Å²) in [5, 5.41) is 5.75. The van der Waals surface area contributed by atoms with Gasteiger partial charge in [-0.05, 0) is 42.8 Å². The van der Waals surface area contributed by atoms with Crippen molar-refractivity contribution in [2.75, 3.05) is 5.32 Å². The Balaban J connectivity index is 1.42. The van der Waals surface area contributed by atoms with Crippen molar-refractivity contribution >= 4 is 51.9 Å². The van der Waals surface area contributed by atoms with E-state index >= 15 is 0 Å². The number of thioether (sulfide) groups is 1. The molecule has 0 spiro atoms. The number of aromatic amines is 2. The second kappa shape index (κ2) is 7.37. The molecule has 0 radical (unpaired) electrons. The van der Waals surface area contributed by atoms with Gasteiger partial charge in [0.25, 0.3) is 0 Å². The summed E-state index contributed by atoms with van der Waals surface area (Å²) in [6, 6.07) is 10.5. The Kier molecular flexibility index (Phi) is 4.91. The molecule has 4 rings (SSSR count). The van der Waals surface area contributed by atoms with Gasteiger partial charge in [-0.2, -0.15) is 0 Å². The Morgan fingerprint density at radius 3 is 2.79 bits per heavy atom. The van der Waals surface area contributed by atoms with Gasteiger partial charge in [0.05, 0.1) is 28.0 Å². The Morgan fingerprint density at radius 2 is 1.96 bits per heavy atom. The molecule has 0 bridgehead atoms. The first-order valence-corrected chi connectivity index (χ1v) is 9.93. The van der Waals surface area contributed by atoms with Crippen LogP contribution in [0.4, 0.5) is 5.69 Å². The molecule has 2 atom stereocenters. The van der Waals surface area contributed by atoms with Crippen LogP contribution in [0, 0.1) is 0 Å². The van der Waals surface area contributed by atoms with Crippen molar-refractivity contribution in [1.82, 2.24) is 15.3 Å². The normalized spacial score (nSPS) is 17.1. The number of H-pyrrole nitrogens is 2. The first-order chi connectivity index (χ1) is 13.4. The molecule has 0 fully saturated rings. The van der Waals surface area contributed by atoms with Gasteiger partial charge in [-0.3, -0.25) is 9.59 Å². The van der Waals surface area contributed by atoms with Crippen molar-refractivity contribution < 1.29 is 9.59 Å². The zero-order valence-electron chi connectivity index (χ0n) is 14.8. The largest absolute Gasteiger partial charge is 0.350 e. The number of hydrogen-bond donors (Lipinski definition) is 4. The highest BCUT2D eigenvalue weighted by atomic mass is 35.5. The SMILES string of the molecule is CC(NC(=O)CC1Sc2ccc(Cl)cc2NC1=O)c1ccc2[nH]c(=O)[nH]c2c1. The summed E-state index contributed by atoms with van der Waals surface area (Å²) < 4.78 is 0.